The first-order valence-electron chi connectivity index (χ1n) is 4.06. The second kappa shape index (κ2) is 4.89. The van der Waals surface area contributed by atoms with E-state index >= 15 is 0 Å². The molecule has 0 aromatic rings. The molecule has 1 aliphatic rings. The third kappa shape index (κ3) is 2.63. The summed E-state index contributed by atoms with van der Waals surface area (Å²) < 4.78 is 5.62. The first kappa shape index (κ1) is 9.21. The summed E-state index contributed by atoms with van der Waals surface area (Å²) in [5.41, 5.74) is 0. The number of hydrogen-bond donors (Lipinski definition) is 0. The molecule has 0 aliphatic carbocycles. The van der Waals surface area contributed by atoms with Gasteiger partial charge in [0.1, 0.15) is 9.28 Å². The van der Waals surface area contributed by atoms with Crippen molar-refractivity contribution in [1.29, 1.82) is 0 Å². The minimum absolute atomic E-state index is 0.114. The summed E-state index contributed by atoms with van der Waals surface area (Å²) in [6, 6.07) is 0. The summed E-state index contributed by atoms with van der Waals surface area (Å²) in [4.78, 5) is 0. The highest BCUT2D eigenvalue weighted by Crippen LogP contribution is 2.06. The molecule has 60 valence electrons. The Morgan fingerprint density at radius 1 is 1.80 bits per heavy atom. The predicted octanol–water partition coefficient (Wildman–Crippen LogP) is -1.91. The van der Waals surface area contributed by atoms with Crippen molar-refractivity contribution in [2.24, 2.45) is 0 Å². The number of alkyl halides is 1. The van der Waals surface area contributed by atoms with Gasteiger partial charge in [-0.1, -0.05) is 6.92 Å². The van der Waals surface area contributed by atoms with E-state index in [0.717, 1.165) is 0 Å². The average molecular weight is 227 g/mol. The van der Waals surface area contributed by atoms with Crippen molar-refractivity contribution in [3.05, 3.63) is 0 Å². The fraction of sp³-hybridized carbons (Fsp3) is 1.00. The van der Waals surface area contributed by atoms with Gasteiger partial charge in [0.05, 0.1) is 8.31 Å². The molecule has 1 nitrogen and oxygen atoms in total. The quantitative estimate of drug-likeness (QED) is 0.395. The Morgan fingerprint density at radius 3 is 3.10 bits per heavy atom. The summed E-state index contributed by atoms with van der Waals surface area (Å²) in [7, 11) is 0.560. The SMILES string of the molecule is CCC(Cl)[SiH]1CO[SiH2][SiH2][SiH2]1. The lowest BCUT2D eigenvalue weighted by Crippen LogP contribution is -2.48. The zero-order valence-electron chi connectivity index (χ0n) is 6.48. The van der Waals surface area contributed by atoms with Crippen molar-refractivity contribution in [2.75, 3.05) is 6.23 Å². The van der Waals surface area contributed by atoms with Crippen molar-refractivity contribution in [1.82, 2.24) is 0 Å². The van der Waals surface area contributed by atoms with E-state index in [2.05, 4.69) is 6.92 Å². The standard InChI is InChI=1S/C4H15ClOSi4/c1-2-4(5)10-3-6-7-8-9-10/h4,10H,2-3,7-9H2,1H3. The van der Waals surface area contributed by atoms with E-state index in [1.165, 1.54) is 12.7 Å². The van der Waals surface area contributed by atoms with Gasteiger partial charge < -0.3 is 4.43 Å². The van der Waals surface area contributed by atoms with E-state index in [-0.39, 0.29) is 9.28 Å². The van der Waals surface area contributed by atoms with Gasteiger partial charge in [-0.3, -0.25) is 0 Å². The van der Waals surface area contributed by atoms with Crippen LogP contribution in [0.4, 0.5) is 0 Å². The summed E-state index contributed by atoms with van der Waals surface area (Å²) in [6.07, 6.45) is 2.37. The lowest BCUT2D eigenvalue weighted by atomic mass is 10.6. The second-order valence-electron chi connectivity index (χ2n) is 2.90. The summed E-state index contributed by atoms with van der Waals surface area (Å²) in [6.45, 7) is 2.21. The molecular weight excluding hydrogens is 212 g/mol. The van der Waals surface area contributed by atoms with Gasteiger partial charge in [0.25, 0.3) is 0 Å². The van der Waals surface area contributed by atoms with Crippen molar-refractivity contribution in [2.45, 2.75) is 18.3 Å². The summed E-state index contributed by atoms with van der Waals surface area (Å²) in [5, 5.41) is 0.591. The molecule has 0 aromatic carbocycles. The number of rotatable bonds is 2. The van der Waals surface area contributed by atoms with Gasteiger partial charge in [0.15, 0.2) is 0 Å². The van der Waals surface area contributed by atoms with E-state index in [0.29, 0.717) is 22.1 Å². The van der Waals surface area contributed by atoms with Gasteiger partial charge in [-0.15, -0.1) is 11.6 Å². The molecule has 1 fully saturated rings. The molecule has 0 amide bonds. The molecule has 0 spiro atoms. The molecule has 0 N–H and O–H groups in total. The zero-order chi connectivity index (χ0) is 7.40. The molecule has 6 heteroatoms. The van der Waals surface area contributed by atoms with Gasteiger partial charge in [-0.05, 0) is 6.42 Å². The van der Waals surface area contributed by atoms with Gasteiger partial charge in [-0.2, -0.15) is 0 Å². The zero-order valence-corrected chi connectivity index (χ0v) is 12.6. The fourth-order valence-electron chi connectivity index (χ4n) is 1.38. The van der Waals surface area contributed by atoms with Crippen LogP contribution in [0.2, 0.25) is 0 Å². The highest BCUT2D eigenvalue weighted by atomic mass is 35.5. The van der Waals surface area contributed by atoms with Crippen LogP contribution in [0.1, 0.15) is 13.3 Å². The van der Waals surface area contributed by atoms with Crippen LogP contribution < -0.4 is 0 Å². The predicted molar refractivity (Wildman–Crippen MR) is 58.7 cm³/mol. The van der Waals surface area contributed by atoms with Crippen molar-refractivity contribution < 1.29 is 4.43 Å². The van der Waals surface area contributed by atoms with E-state index in [9.17, 15) is 0 Å². The first-order chi connectivity index (χ1) is 4.84. The molecule has 0 aromatic heterocycles. The van der Waals surface area contributed by atoms with Crippen LogP contribution in [0.15, 0.2) is 0 Å². The van der Waals surface area contributed by atoms with Crippen molar-refractivity contribution in [3.8, 4) is 0 Å². The van der Waals surface area contributed by atoms with Crippen LogP contribution >= 0.6 is 11.6 Å². The van der Waals surface area contributed by atoms with Crippen LogP contribution in [-0.2, 0) is 4.43 Å². The maximum absolute atomic E-state index is 6.20. The molecule has 1 aliphatic heterocycles. The largest absolute Gasteiger partial charge is 0.432 e. The van der Waals surface area contributed by atoms with Gasteiger partial charge in [0.2, 0.25) is 0 Å². The minimum Gasteiger partial charge on any atom is -0.432 e. The van der Waals surface area contributed by atoms with Gasteiger partial charge >= 0.3 is 0 Å². The van der Waals surface area contributed by atoms with Crippen LogP contribution in [0.25, 0.3) is 0 Å². The summed E-state index contributed by atoms with van der Waals surface area (Å²) >= 11 is 6.20. The van der Waals surface area contributed by atoms with E-state index < -0.39 is 8.31 Å². The molecule has 1 rings (SSSR count). The second-order valence-corrected chi connectivity index (χ2v) is 28.4. The van der Waals surface area contributed by atoms with E-state index in [1.54, 1.807) is 0 Å². The Labute approximate surface area is 75.4 Å². The molecule has 1 heterocycles. The molecule has 10 heavy (non-hydrogen) atoms. The molecule has 0 saturated carbocycles. The molecule has 2 unspecified atom stereocenters. The Hall–Kier alpha value is 1.12. The molecule has 0 radical (unpaired) electrons. The number of hydrogen-bond acceptors (Lipinski definition) is 1. The van der Waals surface area contributed by atoms with Crippen molar-refractivity contribution in [3.63, 3.8) is 0 Å². The monoisotopic (exact) mass is 226 g/mol. The topological polar surface area (TPSA) is 9.23 Å². The Balaban J connectivity index is 2.24. The van der Waals surface area contributed by atoms with Gasteiger partial charge in [0, 0.05) is 28.3 Å². The Bertz CT molecular complexity index is 97.3. The van der Waals surface area contributed by atoms with Crippen LogP contribution in [0.3, 0.4) is 0 Å². The highest BCUT2D eigenvalue weighted by Gasteiger charge is 2.22. The Morgan fingerprint density at radius 2 is 2.60 bits per heavy atom. The average Bonchev–Trinajstić information content (AvgIpc) is 2.05. The molecule has 2 atom stereocenters. The van der Waals surface area contributed by atoms with E-state index in [1.807, 2.05) is 0 Å². The maximum Gasteiger partial charge on any atom is 0.139 e. The maximum atomic E-state index is 6.20. The van der Waals surface area contributed by atoms with Crippen LogP contribution in [0, 0.1) is 0 Å². The Kier molecular flexibility index (Phi) is 4.50. The van der Waals surface area contributed by atoms with Crippen LogP contribution in [-0.4, -0.2) is 45.9 Å². The lowest BCUT2D eigenvalue weighted by Gasteiger charge is -2.23. The van der Waals surface area contributed by atoms with Gasteiger partial charge in [-0.25, -0.2) is 0 Å². The molecule has 0 bridgehead atoms. The summed E-state index contributed by atoms with van der Waals surface area (Å²) in [5.74, 6) is 0. The third-order valence-corrected chi connectivity index (χ3v) is 40.5. The first-order valence-corrected chi connectivity index (χ1v) is 17.8. The third-order valence-electron chi connectivity index (χ3n) is 2.10. The molecular formula is C4H15ClOSi4. The number of halogens is 1. The normalized spacial score (nSPS) is 37.2. The molecule has 1 saturated heterocycles. The minimum atomic E-state index is -0.442. The lowest BCUT2D eigenvalue weighted by molar-refractivity contribution is 0.416. The fourth-order valence-corrected chi connectivity index (χ4v) is 48.9. The van der Waals surface area contributed by atoms with E-state index in [4.69, 9.17) is 16.0 Å². The highest BCUT2D eigenvalue weighted by molar-refractivity contribution is 7.49. The van der Waals surface area contributed by atoms with Crippen LogP contribution in [0.5, 0.6) is 0 Å². The smallest absolute Gasteiger partial charge is 0.139 e. The van der Waals surface area contributed by atoms with Crippen molar-refractivity contribution >= 4 is 46.3 Å².